The van der Waals surface area contributed by atoms with E-state index in [2.05, 4.69) is 20.3 Å². The van der Waals surface area contributed by atoms with Crippen molar-refractivity contribution in [2.24, 2.45) is 0 Å². The molecule has 0 aliphatic heterocycles. The highest BCUT2D eigenvalue weighted by Gasteiger charge is 2.20. The first kappa shape index (κ1) is 12.3. The Kier molecular flexibility index (Phi) is 2.55. The molecule has 1 aromatic carbocycles. The van der Waals surface area contributed by atoms with Crippen LogP contribution in [0.2, 0.25) is 0 Å². The van der Waals surface area contributed by atoms with E-state index in [1.165, 1.54) is 12.7 Å². The molecule has 0 spiro atoms. The predicted octanol–water partition coefficient (Wildman–Crippen LogP) is 1.61. The molecular formula is C14H11N7O. The number of nitrogens with zero attached hydrogens (tertiary/aromatic N) is 5. The minimum absolute atomic E-state index is 0.368. The molecule has 4 rings (SSSR count). The van der Waals surface area contributed by atoms with Crippen LogP contribution in [0.25, 0.3) is 28.1 Å². The van der Waals surface area contributed by atoms with E-state index in [0.29, 0.717) is 22.9 Å². The molecule has 0 saturated heterocycles. The van der Waals surface area contributed by atoms with Crippen molar-refractivity contribution < 1.29 is 4.42 Å². The highest BCUT2D eigenvalue weighted by Crippen LogP contribution is 2.37. The summed E-state index contributed by atoms with van der Waals surface area (Å²) in [6.07, 6.45) is 4.46. The van der Waals surface area contributed by atoms with E-state index in [1.807, 2.05) is 24.3 Å². The molecule has 3 aromatic heterocycles. The fourth-order valence-electron chi connectivity index (χ4n) is 2.43. The van der Waals surface area contributed by atoms with Crippen LogP contribution in [0.3, 0.4) is 0 Å². The molecule has 3 heterocycles. The standard InChI is InChI=1S/C14H11N7O/c15-9-3-1-8(2-4-9)11-10(14-20-18-7-22-14)5-21-12(11)13(16)17-6-19-21/h1-7H,15H2,(H2,16,17,19). The first-order valence-corrected chi connectivity index (χ1v) is 6.48. The minimum Gasteiger partial charge on any atom is -0.423 e. The van der Waals surface area contributed by atoms with Crippen LogP contribution in [0.15, 0.2) is 47.6 Å². The normalized spacial score (nSPS) is 11.1. The molecule has 8 nitrogen and oxygen atoms in total. The fourth-order valence-corrected chi connectivity index (χ4v) is 2.43. The predicted molar refractivity (Wildman–Crippen MR) is 80.5 cm³/mol. The molecule has 22 heavy (non-hydrogen) atoms. The number of benzene rings is 1. The summed E-state index contributed by atoms with van der Waals surface area (Å²) < 4.78 is 6.97. The van der Waals surface area contributed by atoms with Gasteiger partial charge >= 0.3 is 0 Å². The van der Waals surface area contributed by atoms with Gasteiger partial charge < -0.3 is 15.9 Å². The fraction of sp³-hybridized carbons (Fsp3) is 0. The van der Waals surface area contributed by atoms with E-state index in [4.69, 9.17) is 15.9 Å². The quantitative estimate of drug-likeness (QED) is 0.538. The Morgan fingerprint density at radius 2 is 1.91 bits per heavy atom. The second-order valence-corrected chi connectivity index (χ2v) is 4.72. The smallest absolute Gasteiger partial charge is 0.249 e. The topological polar surface area (TPSA) is 121 Å². The maximum atomic E-state index is 6.03. The number of hydrogen-bond acceptors (Lipinski definition) is 7. The summed E-state index contributed by atoms with van der Waals surface area (Å²) >= 11 is 0. The van der Waals surface area contributed by atoms with Gasteiger partial charge in [0, 0.05) is 17.4 Å². The van der Waals surface area contributed by atoms with Crippen LogP contribution in [0.1, 0.15) is 0 Å². The Hall–Kier alpha value is -3.42. The number of hydrogen-bond donors (Lipinski definition) is 2. The molecule has 4 N–H and O–H groups in total. The third-order valence-corrected chi connectivity index (χ3v) is 3.39. The number of rotatable bonds is 2. The van der Waals surface area contributed by atoms with Gasteiger partial charge in [-0.05, 0) is 17.7 Å². The average Bonchev–Trinajstić information content (AvgIpc) is 3.15. The van der Waals surface area contributed by atoms with Crippen molar-refractivity contribution in [1.82, 2.24) is 24.8 Å². The first-order valence-electron chi connectivity index (χ1n) is 6.48. The lowest BCUT2D eigenvalue weighted by molar-refractivity contribution is 0.569. The monoisotopic (exact) mass is 293 g/mol. The summed E-state index contributed by atoms with van der Waals surface area (Å²) in [4.78, 5) is 4.06. The molecule has 0 saturated carbocycles. The largest absolute Gasteiger partial charge is 0.423 e. The van der Waals surface area contributed by atoms with Crippen molar-refractivity contribution in [2.75, 3.05) is 11.5 Å². The maximum absolute atomic E-state index is 6.03. The van der Waals surface area contributed by atoms with E-state index < -0.39 is 0 Å². The van der Waals surface area contributed by atoms with E-state index in [9.17, 15) is 0 Å². The Morgan fingerprint density at radius 1 is 1.09 bits per heavy atom. The zero-order chi connectivity index (χ0) is 15.1. The molecule has 108 valence electrons. The van der Waals surface area contributed by atoms with Crippen LogP contribution in [0, 0.1) is 0 Å². The van der Waals surface area contributed by atoms with Crippen LogP contribution in [-0.4, -0.2) is 24.8 Å². The van der Waals surface area contributed by atoms with Gasteiger partial charge in [-0.1, -0.05) is 12.1 Å². The molecular weight excluding hydrogens is 282 g/mol. The van der Waals surface area contributed by atoms with Gasteiger partial charge in [-0.15, -0.1) is 10.2 Å². The van der Waals surface area contributed by atoms with Crippen molar-refractivity contribution in [3.63, 3.8) is 0 Å². The van der Waals surface area contributed by atoms with E-state index >= 15 is 0 Å². The van der Waals surface area contributed by atoms with Gasteiger partial charge in [0.1, 0.15) is 11.8 Å². The van der Waals surface area contributed by atoms with Gasteiger partial charge in [-0.25, -0.2) is 9.50 Å². The zero-order valence-corrected chi connectivity index (χ0v) is 11.3. The molecule has 0 fully saturated rings. The van der Waals surface area contributed by atoms with Gasteiger partial charge in [0.15, 0.2) is 5.82 Å². The molecule has 0 atom stereocenters. The lowest BCUT2D eigenvalue weighted by atomic mass is 10.0. The van der Waals surface area contributed by atoms with Gasteiger partial charge in [0.25, 0.3) is 0 Å². The van der Waals surface area contributed by atoms with Gasteiger partial charge in [0.05, 0.1) is 5.56 Å². The molecule has 0 bridgehead atoms. The minimum atomic E-state index is 0.368. The van der Waals surface area contributed by atoms with Gasteiger partial charge in [-0.2, -0.15) is 5.10 Å². The molecule has 0 unspecified atom stereocenters. The average molecular weight is 293 g/mol. The molecule has 0 aliphatic carbocycles. The number of aromatic nitrogens is 5. The molecule has 0 aliphatic rings. The number of nitrogens with two attached hydrogens (primary N) is 2. The van der Waals surface area contributed by atoms with Crippen molar-refractivity contribution >= 4 is 17.0 Å². The molecule has 0 radical (unpaired) electrons. The van der Waals surface area contributed by atoms with Crippen LogP contribution < -0.4 is 11.5 Å². The number of nitrogen functional groups attached to an aromatic ring is 2. The lowest BCUT2D eigenvalue weighted by Gasteiger charge is -2.04. The van der Waals surface area contributed by atoms with E-state index in [-0.39, 0.29) is 0 Å². The second kappa shape index (κ2) is 4.55. The van der Waals surface area contributed by atoms with Gasteiger partial charge in [-0.3, -0.25) is 0 Å². The van der Waals surface area contributed by atoms with Crippen molar-refractivity contribution in [3.8, 4) is 22.6 Å². The Bertz CT molecular complexity index is 941. The third kappa shape index (κ3) is 1.78. The molecule has 8 heteroatoms. The van der Waals surface area contributed by atoms with Crippen LogP contribution in [-0.2, 0) is 0 Å². The number of anilines is 2. The van der Waals surface area contributed by atoms with E-state index in [0.717, 1.165) is 16.7 Å². The first-order chi connectivity index (χ1) is 10.7. The Morgan fingerprint density at radius 3 is 2.64 bits per heavy atom. The molecule has 4 aromatic rings. The van der Waals surface area contributed by atoms with Crippen molar-refractivity contribution in [3.05, 3.63) is 43.2 Å². The van der Waals surface area contributed by atoms with E-state index in [1.54, 1.807) is 10.7 Å². The third-order valence-electron chi connectivity index (χ3n) is 3.39. The second-order valence-electron chi connectivity index (χ2n) is 4.72. The lowest BCUT2D eigenvalue weighted by Crippen LogP contribution is -1.98. The van der Waals surface area contributed by atoms with Crippen molar-refractivity contribution in [2.45, 2.75) is 0 Å². The SMILES string of the molecule is Nc1ccc(-c2c(-c3nnco3)cn3ncnc(N)c23)cc1. The summed E-state index contributed by atoms with van der Waals surface area (Å²) in [5, 5.41) is 11.9. The highest BCUT2D eigenvalue weighted by molar-refractivity contribution is 5.96. The zero-order valence-electron chi connectivity index (χ0n) is 11.3. The summed E-state index contributed by atoms with van der Waals surface area (Å²) in [7, 11) is 0. The van der Waals surface area contributed by atoms with Gasteiger partial charge in [0.2, 0.25) is 12.3 Å². The summed E-state index contributed by atoms with van der Waals surface area (Å²) in [6, 6.07) is 7.43. The highest BCUT2D eigenvalue weighted by atomic mass is 16.4. The number of fused-ring (bicyclic) bond motifs is 1. The summed E-state index contributed by atoms with van der Waals surface area (Å²) in [6.45, 7) is 0. The van der Waals surface area contributed by atoms with Crippen LogP contribution in [0.4, 0.5) is 11.5 Å². The van der Waals surface area contributed by atoms with Crippen molar-refractivity contribution in [1.29, 1.82) is 0 Å². The van der Waals surface area contributed by atoms with Crippen LogP contribution in [0.5, 0.6) is 0 Å². The van der Waals surface area contributed by atoms with Crippen LogP contribution >= 0.6 is 0 Å². The Labute approximate surface area is 124 Å². The Balaban J connectivity index is 2.09. The maximum Gasteiger partial charge on any atom is 0.249 e. The summed E-state index contributed by atoms with van der Waals surface area (Å²) in [5.41, 5.74) is 15.6. The summed E-state index contributed by atoms with van der Waals surface area (Å²) in [5.74, 6) is 0.754. The molecule has 0 amide bonds.